The van der Waals surface area contributed by atoms with Crippen molar-refractivity contribution < 1.29 is 4.74 Å². The lowest BCUT2D eigenvalue weighted by molar-refractivity contribution is 0.0883. The highest BCUT2D eigenvalue weighted by Gasteiger charge is 2.29. The predicted octanol–water partition coefficient (Wildman–Crippen LogP) is 2.55. The third-order valence-corrected chi connectivity index (χ3v) is 2.67. The van der Waals surface area contributed by atoms with Gasteiger partial charge in [-0.25, -0.2) is 0 Å². The summed E-state index contributed by atoms with van der Waals surface area (Å²) in [4.78, 5) is 4.13. The van der Waals surface area contributed by atoms with E-state index in [2.05, 4.69) is 10.3 Å². The molecule has 1 fully saturated rings. The van der Waals surface area contributed by atoms with Crippen molar-refractivity contribution in [3.63, 3.8) is 0 Å². The number of aryl methyl sites for hydroxylation is 1. The van der Waals surface area contributed by atoms with Gasteiger partial charge in [-0.05, 0) is 32.9 Å². The summed E-state index contributed by atoms with van der Waals surface area (Å²) >= 11 is 0. The molecule has 1 saturated carbocycles. The Hall–Kier alpha value is -1.09. The van der Waals surface area contributed by atoms with Crippen LogP contribution in [0.3, 0.4) is 0 Å². The molecule has 0 spiro atoms. The second-order valence-corrected chi connectivity index (χ2v) is 3.83. The maximum atomic E-state index is 5.78. The van der Waals surface area contributed by atoms with Crippen molar-refractivity contribution in [3.8, 4) is 5.75 Å². The molecule has 0 aromatic carbocycles. The van der Waals surface area contributed by atoms with Crippen LogP contribution in [-0.4, -0.2) is 24.2 Å². The molecule has 3 heteroatoms. The maximum absolute atomic E-state index is 5.78. The normalized spacial score (nSPS) is 22.8. The number of hydrogen-bond acceptors (Lipinski definition) is 3. The van der Waals surface area contributed by atoms with E-state index in [0.717, 1.165) is 24.3 Å². The molecule has 3 nitrogen and oxygen atoms in total. The van der Waals surface area contributed by atoms with E-state index in [1.54, 1.807) is 6.20 Å². The quantitative estimate of drug-likeness (QED) is 0.853. The van der Waals surface area contributed by atoms with Crippen molar-refractivity contribution in [3.05, 3.63) is 24.0 Å². The van der Waals surface area contributed by atoms with Crippen molar-refractivity contribution in [1.82, 2.24) is 10.3 Å². The standard InChI is InChI=1S/C11H16N2O.C2H6/c1-8-5-10(3-4-13-8)14-11-6-9(7-11)12-2;1-2/h3-5,9,11-12H,6-7H2,1-2H3;1-2H3. The molecule has 0 amide bonds. The van der Waals surface area contributed by atoms with E-state index in [1.165, 1.54) is 0 Å². The number of ether oxygens (including phenoxy) is 1. The molecule has 1 aromatic rings. The van der Waals surface area contributed by atoms with Crippen molar-refractivity contribution in [2.75, 3.05) is 7.05 Å². The summed E-state index contributed by atoms with van der Waals surface area (Å²) in [6.45, 7) is 5.98. The van der Waals surface area contributed by atoms with E-state index in [0.29, 0.717) is 12.1 Å². The zero-order valence-electron chi connectivity index (χ0n) is 10.7. The topological polar surface area (TPSA) is 34.1 Å². The van der Waals surface area contributed by atoms with E-state index in [4.69, 9.17) is 4.74 Å². The zero-order chi connectivity index (χ0) is 12.0. The Morgan fingerprint density at radius 3 is 2.62 bits per heavy atom. The predicted molar refractivity (Wildman–Crippen MR) is 66.8 cm³/mol. The average molecular weight is 222 g/mol. The summed E-state index contributed by atoms with van der Waals surface area (Å²) < 4.78 is 5.78. The molecule has 0 radical (unpaired) electrons. The van der Waals surface area contributed by atoms with Crippen molar-refractivity contribution >= 4 is 0 Å². The van der Waals surface area contributed by atoms with Gasteiger partial charge in [0.25, 0.3) is 0 Å². The van der Waals surface area contributed by atoms with Gasteiger partial charge in [-0.2, -0.15) is 0 Å². The largest absolute Gasteiger partial charge is 0.490 e. The van der Waals surface area contributed by atoms with Gasteiger partial charge >= 0.3 is 0 Å². The van der Waals surface area contributed by atoms with Crippen LogP contribution in [0.5, 0.6) is 5.75 Å². The Morgan fingerprint density at radius 1 is 1.38 bits per heavy atom. The number of rotatable bonds is 3. The molecular formula is C13H22N2O. The molecule has 90 valence electrons. The monoisotopic (exact) mass is 222 g/mol. The molecule has 1 heterocycles. The lowest BCUT2D eigenvalue weighted by Gasteiger charge is -2.35. The first kappa shape index (κ1) is 13.0. The van der Waals surface area contributed by atoms with Crippen LogP contribution in [0.2, 0.25) is 0 Å². The highest BCUT2D eigenvalue weighted by atomic mass is 16.5. The van der Waals surface area contributed by atoms with Crippen LogP contribution in [0.1, 0.15) is 32.4 Å². The van der Waals surface area contributed by atoms with Gasteiger partial charge in [-0.15, -0.1) is 0 Å². The van der Waals surface area contributed by atoms with Crippen LogP contribution in [0.25, 0.3) is 0 Å². The summed E-state index contributed by atoms with van der Waals surface area (Å²) in [6, 6.07) is 4.54. The fourth-order valence-electron chi connectivity index (χ4n) is 1.68. The Balaban J connectivity index is 0.000000606. The fourth-order valence-corrected chi connectivity index (χ4v) is 1.68. The number of aromatic nitrogens is 1. The summed E-state index contributed by atoms with van der Waals surface area (Å²) in [5.74, 6) is 0.942. The fraction of sp³-hybridized carbons (Fsp3) is 0.615. The van der Waals surface area contributed by atoms with E-state index >= 15 is 0 Å². The van der Waals surface area contributed by atoms with Gasteiger partial charge in [0, 0.05) is 24.0 Å². The Kier molecular flexibility index (Phi) is 5.26. The van der Waals surface area contributed by atoms with Crippen LogP contribution >= 0.6 is 0 Å². The molecule has 0 atom stereocenters. The van der Waals surface area contributed by atoms with Crippen LogP contribution in [0.15, 0.2) is 18.3 Å². The Bertz CT molecular complexity index is 309. The smallest absolute Gasteiger partial charge is 0.123 e. The van der Waals surface area contributed by atoms with Crippen molar-refractivity contribution in [2.24, 2.45) is 0 Å². The van der Waals surface area contributed by atoms with Crippen LogP contribution in [-0.2, 0) is 0 Å². The number of hydrogen-bond donors (Lipinski definition) is 1. The van der Waals surface area contributed by atoms with E-state index in [-0.39, 0.29) is 0 Å². The summed E-state index contributed by atoms with van der Waals surface area (Å²) in [7, 11) is 2.00. The van der Waals surface area contributed by atoms with Gasteiger partial charge in [0.2, 0.25) is 0 Å². The first-order chi connectivity index (χ1) is 7.78. The molecule has 16 heavy (non-hydrogen) atoms. The SMILES string of the molecule is CC.CNC1CC(Oc2ccnc(C)c2)C1. The summed E-state index contributed by atoms with van der Waals surface area (Å²) in [5.41, 5.74) is 1.01. The molecule has 1 aliphatic rings. The molecule has 0 saturated heterocycles. The highest BCUT2D eigenvalue weighted by molar-refractivity contribution is 5.22. The van der Waals surface area contributed by atoms with E-state index in [1.807, 2.05) is 40.0 Å². The van der Waals surface area contributed by atoms with Gasteiger partial charge < -0.3 is 10.1 Å². The second-order valence-electron chi connectivity index (χ2n) is 3.83. The Morgan fingerprint density at radius 2 is 2.06 bits per heavy atom. The summed E-state index contributed by atoms with van der Waals surface area (Å²) in [5, 5.41) is 3.24. The lowest BCUT2D eigenvalue weighted by atomic mass is 9.89. The minimum absolute atomic E-state index is 0.384. The van der Waals surface area contributed by atoms with E-state index < -0.39 is 0 Å². The molecule has 0 aliphatic heterocycles. The first-order valence-corrected chi connectivity index (χ1v) is 6.04. The molecule has 0 bridgehead atoms. The molecule has 0 unspecified atom stereocenters. The van der Waals surface area contributed by atoms with Gasteiger partial charge in [0.05, 0.1) is 0 Å². The van der Waals surface area contributed by atoms with Gasteiger partial charge in [0.15, 0.2) is 0 Å². The van der Waals surface area contributed by atoms with Gasteiger partial charge in [-0.1, -0.05) is 13.8 Å². The van der Waals surface area contributed by atoms with Crippen molar-refractivity contribution in [2.45, 2.75) is 45.8 Å². The number of pyridine rings is 1. The third kappa shape index (κ3) is 3.49. The minimum Gasteiger partial charge on any atom is -0.490 e. The van der Waals surface area contributed by atoms with E-state index in [9.17, 15) is 0 Å². The number of nitrogens with one attached hydrogen (secondary N) is 1. The average Bonchev–Trinajstić information content (AvgIpc) is 2.26. The van der Waals surface area contributed by atoms with Gasteiger partial charge in [-0.3, -0.25) is 4.98 Å². The maximum Gasteiger partial charge on any atom is 0.123 e. The minimum atomic E-state index is 0.384. The first-order valence-electron chi connectivity index (χ1n) is 6.04. The molecule has 1 aromatic heterocycles. The summed E-state index contributed by atoms with van der Waals surface area (Å²) in [6.07, 6.45) is 4.39. The second kappa shape index (κ2) is 6.48. The molecule has 2 rings (SSSR count). The van der Waals surface area contributed by atoms with Crippen LogP contribution in [0.4, 0.5) is 0 Å². The number of nitrogens with zero attached hydrogens (tertiary/aromatic N) is 1. The van der Waals surface area contributed by atoms with Crippen LogP contribution < -0.4 is 10.1 Å². The molecular weight excluding hydrogens is 200 g/mol. The Labute approximate surface area is 98.2 Å². The third-order valence-electron chi connectivity index (χ3n) is 2.67. The molecule has 1 N–H and O–H groups in total. The van der Waals surface area contributed by atoms with Gasteiger partial charge in [0.1, 0.15) is 11.9 Å². The zero-order valence-corrected chi connectivity index (χ0v) is 10.7. The van der Waals surface area contributed by atoms with Crippen LogP contribution in [0, 0.1) is 6.92 Å². The highest BCUT2D eigenvalue weighted by Crippen LogP contribution is 2.25. The van der Waals surface area contributed by atoms with Crippen molar-refractivity contribution in [1.29, 1.82) is 0 Å². The lowest BCUT2D eigenvalue weighted by Crippen LogP contribution is -2.45. The molecule has 1 aliphatic carbocycles.